The maximum atomic E-state index is 12.6. The highest BCUT2D eigenvalue weighted by molar-refractivity contribution is 7.89. The van der Waals surface area contributed by atoms with Crippen LogP contribution in [0.2, 0.25) is 0 Å². The van der Waals surface area contributed by atoms with E-state index < -0.39 is 10.0 Å². The van der Waals surface area contributed by atoms with Crippen molar-refractivity contribution in [2.24, 2.45) is 5.73 Å². The second-order valence-corrected chi connectivity index (χ2v) is 6.00. The summed E-state index contributed by atoms with van der Waals surface area (Å²) in [6.45, 7) is 11.0. The number of aryl methyl sites for hydroxylation is 2. The molecule has 19 heavy (non-hydrogen) atoms. The predicted octanol–water partition coefficient (Wildman–Crippen LogP) is 1.72. The molecule has 106 valence electrons. The Labute approximate surface area is 114 Å². The fraction of sp³-hybridized carbons (Fsp3) is 0.385. The van der Waals surface area contributed by atoms with Crippen LogP contribution in [0.1, 0.15) is 17.1 Å². The SMILES string of the molecule is C=CCN(CC=C)S(=O)(=O)c1c(C)oc(C)c1CN. The molecular formula is C13H20N2O3S. The molecule has 0 amide bonds. The van der Waals surface area contributed by atoms with Crippen molar-refractivity contribution in [1.29, 1.82) is 0 Å². The Bertz CT molecular complexity index is 563. The number of furan rings is 1. The Morgan fingerprint density at radius 1 is 1.21 bits per heavy atom. The molecule has 1 rings (SSSR count). The fourth-order valence-corrected chi connectivity index (χ4v) is 3.78. The van der Waals surface area contributed by atoms with Crippen molar-refractivity contribution in [1.82, 2.24) is 4.31 Å². The van der Waals surface area contributed by atoms with Crippen molar-refractivity contribution in [3.8, 4) is 0 Å². The van der Waals surface area contributed by atoms with Gasteiger partial charge in [0, 0.05) is 25.2 Å². The molecule has 0 atom stereocenters. The molecule has 5 nitrogen and oxygen atoms in total. The highest BCUT2D eigenvalue weighted by Crippen LogP contribution is 2.28. The zero-order valence-electron chi connectivity index (χ0n) is 11.3. The van der Waals surface area contributed by atoms with Gasteiger partial charge in [0.1, 0.15) is 16.4 Å². The van der Waals surface area contributed by atoms with Crippen LogP contribution in [0, 0.1) is 13.8 Å². The summed E-state index contributed by atoms with van der Waals surface area (Å²) in [5.41, 5.74) is 6.15. The van der Waals surface area contributed by atoms with Crippen LogP contribution in [0.3, 0.4) is 0 Å². The van der Waals surface area contributed by atoms with Crippen molar-refractivity contribution in [2.45, 2.75) is 25.3 Å². The molecule has 0 saturated carbocycles. The third-order valence-electron chi connectivity index (χ3n) is 2.79. The van der Waals surface area contributed by atoms with Crippen LogP contribution >= 0.6 is 0 Å². The lowest BCUT2D eigenvalue weighted by molar-refractivity contribution is 0.465. The van der Waals surface area contributed by atoms with E-state index >= 15 is 0 Å². The molecule has 2 N–H and O–H groups in total. The number of nitrogens with zero attached hydrogens (tertiary/aromatic N) is 1. The van der Waals surface area contributed by atoms with E-state index in [0.717, 1.165) is 0 Å². The molecule has 1 aromatic rings. The zero-order valence-corrected chi connectivity index (χ0v) is 12.2. The molecule has 0 unspecified atom stereocenters. The average Bonchev–Trinajstić information content (AvgIpc) is 2.63. The minimum Gasteiger partial charge on any atom is -0.465 e. The van der Waals surface area contributed by atoms with Gasteiger partial charge in [0.15, 0.2) is 0 Å². The van der Waals surface area contributed by atoms with Gasteiger partial charge >= 0.3 is 0 Å². The molecule has 0 radical (unpaired) electrons. The summed E-state index contributed by atoms with van der Waals surface area (Å²) in [4.78, 5) is 0.163. The van der Waals surface area contributed by atoms with Crippen LogP contribution in [0.5, 0.6) is 0 Å². The first-order chi connectivity index (χ1) is 8.89. The monoisotopic (exact) mass is 284 g/mol. The van der Waals surface area contributed by atoms with Crippen LogP contribution in [0.4, 0.5) is 0 Å². The third kappa shape index (κ3) is 2.97. The minimum absolute atomic E-state index is 0.119. The Hall–Kier alpha value is -1.37. The lowest BCUT2D eigenvalue weighted by Gasteiger charge is -2.19. The molecule has 0 aliphatic rings. The van der Waals surface area contributed by atoms with E-state index in [1.165, 1.54) is 16.5 Å². The summed E-state index contributed by atoms with van der Waals surface area (Å²) >= 11 is 0. The standard InChI is InChI=1S/C13H20N2O3S/c1-5-7-15(8-6-2)19(16,17)13-11(4)18-10(3)12(13)9-14/h5-6H,1-2,7-9,14H2,3-4H3. The number of hydrogen-bond acceptors (Lipinski definition) is 4. The van der Waals surface area contributed by atoms with Gasteiger partial charge in [0.25, 0.3) is 0 Å². The van der Waals surface area contributed by atoms with Crippen LogP contribution in [-0.2, 0) is 16.6 Å². The normalized spacial score (nSPS) is 11.8. The minimum atomic E-state index is -3.66. The van der Waals surface area contributed by atoms with Gasteiger partial charge in [-0.2, -0.15) is 4.31 Å². The smallest absolute Gasteiger partial charge is 0.247 e. The maximum absolute atomic E-state index is 12.6. The molecule has 1 heterocycles. The van der Waals surface area contributed by atoms with Gasteiger partial charge in [-0.05, 0) is 13.8 Å². The number of nitrogens with two attached hydrogens (primary N) is 1. The largest absolute Gasteiger partial charge is 0.465 e. The molecule has 0 fully saturated rings. The summed E-state index contributed by atoms with van der Waals surface area (Å²) in [6.07, 6.45) is 3.07. The van der Waals surface area contributed by atoms with E-state index in [1.54, 1.807) is 13.8 Å². The van der Waals surface area contributed by atoms with E-state index in [4.69, 9.17) is 10.2 Å². The van der Waals surface area contributed by atoms with Gasteiger partial charge in [-0.1, -0.05) is 12.2 Å². The maximum Gasteiger partial charge on any atom is 0.247 e. The molecular weight excluding hydrogens is 264 g/mol. The van der Waals surface area contributed by atoms with E-state index in [2.05, 4.69) is 13.2 Å². The van der Waals surface area contributed by atoms with Crippen LogP contribution in [-0.4, -0.2) is 25.8 Å². The molecule has 6 heteroatoms. The highest BCUT2D eigenvalue weighted by atomic mass is 32.2. The summed E-state index contributed by atoms with van der Waals surface area (Å²) in [6, 6.07) is 0. The third-order valence-corrected chi connectivity index (χ3v) is 4.82. The van der Waals surface area contributed by atoms with Crippen molar-refractivity contribution in [2.75, 3.05) is 13.1 Å². The summed E-state index contributed by atoms with van der Waals surface area (Å²) in [7, 11) is -3.66. The Kier molecular flexibility index (Phi) is 5.11. The van der Waals surface area contributed by atoms with Crippen molar-refractivity contribution in [3.05, 3.63) is 42.4 Å². The summed E-state index contributed by atoms with van der Waals surface area (Å²) in [5.74, 6) is 0.895. The van der Waals surface area contributed by atoms with Crippen LogP contribution in [0.25, 0.3) is 0 Å². The van der Waals surface area contributed by atoms with Crippen molar-refractivity contribution < 1.29 is 12.8 Å². The highest BCUT2D eigenvalue weighted by Gasteiger charge is 2.30. The van der Waals surface area contributed by atoms with Gasteiger partial charge in [0.05, 0.1) is 0 Å². The first-order valence-corrected chi connectivity index (χ1v) is 7.35. The molecule has 0 saturated heterocycles. The number of rotatable bonds is 7. The van der Waals surface area contributed by atoms with E-state index in [0.29, 0.717) is 17.1 Å². The fourth-order valence-electron chi connectivity index (χ4n) is 1.97. The quantitative estimate of drug-likeness (QED) is 0.773. The van der Waals surface area contributed by atoms with Gasteiger partial charge in [-0.25, -0.2) is 8.42 Å². The van der Waals surface area contributed by atoms with Gasteiger partial charge in [-0.15, -0.1) is 13.2 Å². The predicted molar refractivity (Wildman–Crippen MR) is 75.2 cm³/mol. The zero-order chi connectivity index (χ0) is 14.6. The first kappa shape index (κ1) is 15.7. The molecule has 0 aliphatic carbocycles. The van der Waals surface area contributed by atoms with Crippen molar-refractivity contribution >= 4 is 10.0 Å². The second-order valence-electron chi connectivity index (χ2n) is 4.13. The second kappa shape index (κ2) is 6.18. The molecule has 1 aromatic heterocycles. The molecule has 0 bridgehead atoms. The average molecular weight is 284 g/mol. The number of hydrogen-bond donors (Lipinski definition) is 1. The lowest BCUT2D eigenvalue weighted by Crippen LogP contribution is -2.32. The Morgan fingerprint density at radius 2 is 1.74 bits per heavy atom. The van der Waals surface area contributed by atoms with E-state index in [-0.39, 0.29) is 24.5 Å². The molecule has 0 aliphatic heterocycles. The summed E-state index contributed by atoms with van der Waals surface area (Å²) in [5, 5.41) is 0. The lowest BCUT2D eigenvalue weighted by atomic mass is 10.2. The molecule has 0 aromatic carbocycles. The first-order valence-electron chi connectivity index (χ1n) is 5.91. The topological polar surface area (TPSA) is 76.5 Å². The molecule has 0 spiro atoms. The van der Waals surface area contributed by atoms with Gasteiger partial charge in [-0.3, -0.25) is 0 Å². The van der Waals surface area contributed by atoms with E-state index in [1.807, 2.05) is 0 Å². The van der Waals surface area contributed by atoms with Gasteiger partial charge in [0.2, 0.25) is 10.0 Å². The van der Waals surface area contributed by atoms with Gasteiger partial charge < -0.3 is 10.2 Å². The van der Waals surface area contributed by atoms with Crippen LogP contribution in [0.15, 0.2) is 34.6 Å². The van der Waals surface area contributed by atoms with Crippen LogP contribution < -0.4 is 5.73 Å². The van der Waals surface area contributed by atoms with Crippen molar-refractivity contribution in [3.63, 3.8) is 0 Å². The Morgan fingerprint density at radius 3 is 2.16 bits per heavy atom. The Balaban J connectivity index is 3.40. The summed E-state index contributed by atoms with van der Waals surface area (Å²) < 4.78 is 32.0. The van der Waals surface area contributed by atoms with E-state index in [9.17, 15) is 8.42 Å². The number of sulfonamides is 1.